The third-order valence-electron chi connectivity index (χ3n) is 3.55. The smallest absolute Gasteiger partial charge is 0.136 e. The van der Waals surface area contributed by atoms with Gasteiger partial charge in [0.25, 0.3) is 0 Å². The molecule has 2 aliphatic carbocycles. The molecule has 2 aliphatic rings. The predicted molar refractivity (Wildman–Crippen MR) is 44.2 cm³/mol. The average Bonchev–Trinajstić information content (AvgIpc) is 2.35. The summed E-state index contributed by atoms with van der Waals surface area (Å²) in [5, 5.41) is 0. The first-order chi connectivity index (χ1) is 5.29. The van der Waals surface area contributed by atoms with Crippen molar-refractivity contribution in [2.75, 3.05) is 0 Å². The van der Waals surface area contributed by atoms with Crippen LogP contribution in [0.2, 0.25) is 0 Å². The summed E-state index contributed by atoms with van der Waals surface area (Å²) >= 11 is 0. The van der Waals surface area contributed by atoms with E-state index < -0.39 is 0 Å². The van der Waals surface area contributed by atoms with Crippen molar-refractivity contribution < 1.29 is 4.79 Å². The fourth-order valence-electron chi connectivity index (χ4n) is 2.85. The van der Waals surface area contributed by atoms with Crippen LogP contribution in [0.4, 0.5) is 0 Å². The maximum Gasteiger partial charge on any atom is 0.136 e. The highest BCUT2D eigenvalue weighted by atomic mass is 16.1. The Morgan fingerprint density at radius 2 is 2.09 bits per heavy atom. The summed E-state index contributed by atoms with van der Waals surface area (Å²) in [6.07, 6.45) is 5.82. The fraction of sp³-hybridized carbons (Fsp3) is 0.900. The maximum absolute atomic E-state index is 11.4. The Hall–Kier alpha value is -0.330. The number of Topliss-reactive ketones (excluding diaryl/α,β-unsaturated/α-hetero) is 1. The molecule has 0 N–H and O–H groups in total. The Kier molecular flexibility index (Phi) is 1.74. The lowest BCUT2D eigenvalue weighted by Crippen LogP contribution is -2.26. The minimum absolute atomic E-state index is 0.471. The lowest BCUT2D eigenvalue weighted by atomic mass is 9.78. The van der Waals surface area contributed by atoms with Crippen molar-refractivity contribution in [3.05, 3.63) is 0 Å². The quantitative estimate of drug-likeness (QED) is 0.521. The van der Waals surface area contributed by atoms with E-state index >= 15 is 0 Å². The van der Waals surface area contributed by atoms with Crippen molar-refractivity contribution in [1.29, 1.82) is 0 Å². The van der Waals surface area contributed by atoms with E-state index in [1.807, 2.05) is 0 Å². The van der Waals surface area contributed by atoms with E-state index in [0.717, 1.165) is 24.7 Å². The van der Waals surface area contributed by atoms with Gasteiger partial charge in [0.15, 0.2) is 0 Å². The highest BCUT2D eigenvalue weighted by Crippen LogP contribution is 2.43. The van der Waals surface area contributed by atoms with E-state index in [9.17, 15) is 4.79 Å². The molecule has 11 heavy (non-hydrogen) atoms. The highest BCUT2D eigenvalue weighted by Gasteiger charge is 2.39. The van der Waals surface area contributed by atoms with Crippen molar-refractivity contribution in [2.45, 2.75) is 39.0 Å². The van der Waals surface area contributed by atoms with Crippen LogP contribution in [0, 0.1) is 17.8 Å². The molecule has 62 valence electrons. The van der Waals surface area contributed by atoms with Crippen LogP contribution in [0.5, 0.6) is 0 Å². The molecule has 0 saturated heterocycles. The van der Waals surface area contributed by atoms with Gasteiger partial charge in [-0.05, 0) is 37.5 Å². The topological polar surface area (TPSA) is 17.1 Å². The fourth-order valence-corrected chi connectivity index (χ4v) is 2.85. The third-order valence-corrected chi connectivity index (χ3v) is 3.55. The van der Waals surface area contributed by atoms with Gasteiger partial charge in [0.2, 0.25) is 0 Å². The minimum atomic E-state index is 0.471. The van der Waals surface area contributed by atoms with Crippen molar-refractivity contribution in [3.63, 3.8) is 0 Å². The third kappa shape index (κ3) is 1.11. The number of hydrogen-bond donors (Lipinski definition) is 0. The van der Waals surface area contributed by atoms with Crippen LogP contribution in [-0.4, -0.2) is 5.78 Å². The largest absolute Gasteiger partial charge is 0.299 e. The summed E-state index contributed by atoms with van der Waals surface area (Å²) in [7, 11) is 0. The van der Waals surface area contributed by atoms with E-state index in [1.54, 1.807) is 0 Å². The number of hydrogen-bond acceptors (Lipinski definition) is 1. The second-order valence-electron chi connectivity index (χ2n) is 4.18. The molecule has 1 nitrogen and oxygen atoms in total. The van der Waals surface area contributed by atoms with Gasteiger partial charge in [0.1, 0.15) is 5.78 Å². The molecule has 0 aromatic rings. The van der Waals surface area contributed by atoms with E-state index in [1.165, 1.54) is 19.3 Å². The van der Waals surface area contributed by atoms with Gasteiger partial charge in [-0.15, -0.1) is 0 Å². The maximum atomic E-state index is 11.4. The first-order valence-corrected chi connectivity index (χ1v) is 4.82. The summed E-state index contributed by atoms with van der Waals surface area (Å²) < 4.78 is 0. The van der Waals surface area contributed by atoms with Crippen molar-refractivity contribution in [3.8, 4) is 0 Å². The highest BCUT2D eigenvalue weighted by molar-refractivity contribution is 5.82. The Balaban J connectivity index is 2.13. The lowest BCUT2D eigenvalue weighted by Gasteiger charge is -2.26. The van der Waals surface area contributed by atoms with Crippen LogP contribution in [0.25, 0.3) is 0 Å². The molecule has 0 amide bonds. The second-order valence-corrected chi connectivity index (χ2v) is 4.18. The number of fused-ring (bicyclic) bond motifs is 1. The summed E-state index contributed by atoms with van der Waals surface area (Å²) in [6.45, 7) is 2.31. The molecule has 2 saturated carbocycles. The molecule has 0 unspecified atom stereocenters. The average molecular weight is 152 g/mol. The number of ketones is 1. The molecule has 0 aromatic carbocycles. The van der Waals surface area contributed by atoms with Gasteiger partial charge in [0.05, 0.1) is 0 Å². The summed E-state index contributed by atoms with van der Waals surface area (Å²) in [5.41, 5.74) is 0. The zero-order chi connectivity index (χ0) is 7.84. The van der Waals surface area contributed by atoms with Crippen molar-refractivity contribution >= 4 is 5.78 Å². The van der Waals surface area contributed by atoms with E-state index in [2.05, 4.69) is 6.92 Å². The molecule has 2 rings (SSSR count). The predicted octanol–water partition coefficient (Wildman–Crippen LogP) is 2.40. The van der Waals surface area contributed by atoms with Gasteiger partial charge >= 0.3 is 0 Å². The molecule has 0 radical (unpaired) electrons. The van der Waals surface area contributed by atoms with Gasteiger partial charge in [0, 0.05) is 12.3 Å². The normalized spacial score (nSPS) is 44.1. The minimum Gasteiger partial charge on any atom is -0.299 e. The van der Waals surface area contributed by atoms with Gasteiger partial charge in [-0.1, -0.05) is 6.92 Å². The van der Waals surface area contributed by atoms with Crippen LogP contribution in [0.3, 0.4) is 0 Å². The molecule has 1 heteroatoms. The number of carbonyl (C=O) groups excluding carboxylic acids is 1. The zero-order valence-corrected chi connectivity index (χ0v) is 7.18. The lowest BCUT2D eigenvalue weighted by molar-refractivity contribution is -0.126. The van der Waals surface area contributed by atoms with Gasteiger partial charge < -0.3 is 0 Å². The number of rotatable bonds is 0. The van der Waals surface area contributed by atoms with Crippen LogP contribution < -0.4 is 0 Å². The molecule has 0 aliphatic heterocycles. The molecule has 3 atom stereocenters. The van der Waals surface area contributed by atoms with Gasteiger partial charge in [-0.3, -0.25) is 4.79 Å². The van der Waals surface area contributed by atoms with E-state index in [4.69, 9.17) is 0 Å². The molecule has 0 aromatic heterocycles. The number of carbonyl (C=O) groups is 1. The van der Waals surface area contributed by atoms with Crippen LogP contribution in [-0.2, 0) is 4.79 Å². The molecular weight excluding hydrogens is 136 g/mol. The molecule has 0 spiro atoms. The Morgan fingerprint density at radius 3 is 2.82 bits per heavy atom. The van der Waals surface area contributed by atoms with Gasteiger partial charge in [-0.25, -0.2) is 0 Å². The first kappa shape index (κ1) is 7.33. The van der Waals surface area contributed by atoms with Crippen molar-refractivity contribution in [1.82, 2.24) is 0 Å². The monoisotopic (exact) mass is 152 g/mol. The van der Waals surface area contributed by atoms with E-state index in [0.29, 0.717) is 11.7 Å². The molecule has 0 heterocycles. The zero-order valence-electron chi connectivity index (χ0n) is 7.18. The summed E-state index contributed by atoms with van der Waals surface area (Å²) in [5.74, 6) is 2.62. The van der Waals surface area contributed by atoms with Crippen LogP contribution in [0.1, 0.15) is 39.0 Å². The first-order valence-electron chi connectivity index (χ1n) is 4.82. The molecule has 0 bridgehead atoms. The Bertz CT molecular complexity index is 174. The Morgan fingerprint density at radius 1 is 1.27 bits per heavy atom. The Labute approximate surface area is 68.2 Å². The van der Waals surface area contributed by atoms with Crippen LogP contribution in [0.15, 0.2) is 0 Å². The standard InChI is InChI=1S/C10H16O/c1-7-5-6-9-8(7)3-2-4-10(9)11/h7-9H,2-6H2,1H3/t7-,8+,9+/m0/s1. The van der Waals surface area contributed by atoms with Crippen LogP contribution >= 0.6 is 0 Å². The van der Waals surface area contributed by atoms with E-state index in [-0.39, 0.29) is 0 Å². The van der Waals surface area contributed by atoms with Crippen molar-refractivity contribution in [2.24, 2.45) is 17.8 Å². The summed E-state index contributed by atoms with van der Waals surface area (Å²) in [6, 6.07) is 0. The second kappa shape index (κ2) is 2.62. The molecular formula is C10H16O. The summed E-state index contributed by atoms with van der Waals surface area (Å²) in [4.78, 5) is 11.4. The molecule has 2 fully saturated rings. The SMILES string of the molecule is C[C@H]1CC[C@H]2C(=O)CCC[C@H]12. The van der Waals surface area contributed by atoms with Gasteiger partial charge in [-0.2, -0.15) is 0 Å².